The highest BCUT2D eigenvalue weighted by atomic mass is 35.5. The second-order valence-corrected chi connectivity index (χ2v) is 4.96. The van der Waals surface area contributed by atoms with E-state index in [4.69, 9.17) is 16.0 Å². The topological polar surface area (TPSA) is 42.2 Å². The smallest absolute Gasteiger partial charge is 0.220 e. The summed E-state index contributed by atoms with van der Waals surface area (Å²) in [6.45, 7) is 4.88. The van der Waals surface area contributed by atoms with Gasteiger partial charge in [0.15, 0.2) is 0 Å². The highest BCUT2D eigenvalue weighted by Crippen LogP contribution is 2.26. The fraction of sp³-hybridized carbons (Fsp3) is 0.643. The van der Waals surface area contributed by atoms with Gasteiger partial charge in [0, 0.05) is 30.7 Å². The van der Waals surface area contributed by atoms with Crippen molar-refractivity contribution in [1.82, 2.24) is 5.32 Å². The Morgan fingerprint density at radius 3 is 2.67 bits per heavy atom. The lowest BCUT2D eigenvalue weighted by molar-refractivity contribution is -0.121. The Bertz CT molecular complexity index is 336. The fourth-order valence-corrected chi connectivity index (χ4v) is 2.27. The third-order valence-electron chi connectivity index (χ3n) is 3.62. The number of halogens is 1. The average molecular weight is 272 g/mol. The van der Waals surface area contributed by atoms with Gasteiger partial charge in [0.05, 0.1) is 6.26 Å². The van der Waals surface area contributed by atoms with Gasteiger partial charge in [-0.2, -0.15) is 0 Å². The van der Waals surface area contributed by atoms with E-state index in [-0.39, 0.29) is 11.3 Å². The van der Waals surface area contributed by atoms with Crippen molar-refractivity contribution < 1.29 is 9.21 Å². The van der Waals surface area contributed by atoms with Crippen molar-refractivity contribution in [2.24, 2.45) is 5.41 Å². The van der Waals surface area contributed by atoms with Crippen molar-refractivity contribution in [3.05, 3.63) is 24.2 Å². The molecule has 0 unspecified atom stereocenters. The van der Waals surface area contributed by atoms with Gasteiger partial charge in [0.2, 0.25) is 5.91 Å². The first-order valence-corrected chi connectivity index (χ1v) is 7.04. The number of furan rings is 1. The molecule has 1 amide bonds. The molecule has 1 N–H and O–H groups in total. The molecule has 1 heterocycles. The van der Waals surface area contributed by atoms with Gasteiger partial charge in [-0.15, -0.1) is 11.6 Å². The maximum absolute atomic E-state index is 11.7. The van der Waals surface area contributed by atoms with Crippen LogP contribution in [0.2, 0.25) is 0 Å². The van der Waals surface area contributed by atoms with Crippen LogP contribution in [0.15, 0.2) is 22.8 Å². The number of rotatable bonds is 8. The molecule has 0 atom stereocenters. The molecule has 0 aliphatic heterocycles. The zero-order valence-electron chi connectivity index (χ0n) is 11.2. The van der Waals surface area contributed by atoms with Gasteiger partial charge in [-0.25, -0.2) is 0 Å². The van der Waals surface area contributed by atoms with Crippen LogP contribution in [0.1, 0.15) is 38.9 Å². The molecule has 0 aromatic carbocycles. The van der Waals surface area contributed by atoms with Crippen LogP contribution >= 0.6 is 11.6 Å². The lowest BCUT2D eigenvalue weighted by Crippen LogP contribution is -2.38. The zero-order valence-corrected chi connectivity index (χ0v) is 11.9. The molecule has 0 spiro atoms. The summed E-state index contributed by atoms with van der Waals surface area (Å²) in [7, 11) is 0. The first-order chi connectivity index (χ1) is 8.65. The number of carbonyl (C=O) groups excluding carboxylic acids is 1. The molecule has 102 valence electrons. The van der Waals surface area contributed by atoms with E-state index in [9.17, 15) is 4.79 Å². The predicted molar refractivity (Wildman–Crippen MR) is 73.8 cm³/mol. The van der Waals surface area contributed by atoms with E-state index >= 15 is 0 Å². The van der Waals surface area contributed by atoms with Gasteiger partial charge in [-0.3, -0.25) is 4.79 Å². The molecule has 0 radical (unpaired) electrons. The quantitative estimate of drug-likeness (QED) is 0.737. The summed E-state index contributed by atoms with van der Waals surface area (Å²) in [6, 6.07) is 3.72. The van der Waals surface area contributed by atoms with Crippen LogP contribution in [-0.4, -0.2) is 18.3 Å². The van der Waals surface area contributed by atoms with Crippen LogP contribution in [0.5, 0.6) is 0 Å². The first-order valence-electron chi connectivity index (χ1n) is 6.51. The van der Waals surface area contributed by atoms with Crippen LogP contribution in [0.3, 0.4) is 0 Å². The third-order valence-corrected chi connectivity index (χ3v) is 4.19. The number of alkyl halides is 1. The monoisotopic (exact) mass is 271 g/mol. The Balaban J connectivity index is 2.32. The minimum atomic E-state index is 0.0297. The normalized spacial score (nSPS) is 11.5. The SMILES string of the molecule is CCC(CC)(CCl)CNC(=O)CCc1ccco1. The number of hydrogen-bond donors (Lipinski definition) is 1. The Labute approximate surface area is 114 Å². The Kier molecular flexibility index (Phi) is 6.27. The molecule has 0 saturated heterocycles. The van der Waals surface area contributed by atoms with Crippen molar-refractivity contribution in [1.29, 1.82) is 0 Å². The van der Waals surface area contributed by atoms with Crippen molar-refractivity contribution in [2.45, 2.75) is 39.5 Å². The van der Waals surface area contributed by atoms with Crippen LogP contribution < -0.4 is 5.32 Å². The van der Waals surface area contributed by atoms with Crippen molar-refractivity contribution >= 4 is 17.5 Å². The Hall–Kier alpha value is -0.960. The molecule has 1 rings (SSSR count). The minimum Gasteiger partial charge on any atom is -0.469 e. The second-order valence-electron chi connectivity index (χ2n) is 4.70. The molecular formula is C14H22ClNO2. The van der Waals surface area contributed by atoms with E-state index in [2.05, 4.69) is 19.2 Å². The zero-order chi connectivity index (χ0) is 13.4. The summed E-state index contributed by atoms with van der Waals surface area (Å²) in [6.07, 6.45) is 4.68. The summed E-state index contributed by atoms with van der Waals surface area (Å²) >= 11 is 6.00. The largest absolute Gasteiger partial charge is 0.469 e. The maximum Gasteiger partial charge on any atom is 0.220 e. The number of amides is 1. The van der Waals surface area contributed by atoms with Gasteiger partial charge in [0.1, 0.15) is 5.76 Å². The number of nitrogens with one attached hydrogen (secondary N) is 1. The molecular weight excluding hydrogens is 250 g/mol. The molecule has 18 heavy (non-hydrogen) atoms. The van der Waals surface area contributed by atoms with Gasteiger partial charge < -0.3 is 9.73 Å². The summed E-state index contributed by atoms with van der Waals surface area (Å²) in [5.41, 5.74) is 0.0297. The van der Waals surface area contributed by atoms with Crippen LogP contribution in [0, 0.1) is 5.41 Å². The molecule has 3 nitrogen and oxygen atoms in total. The fourth-order valence-electron chi connectivity index (χ4n) is 1.80. The van der Waals surface area contributed by atoms with E-state index in [0.29, 0.717) is 25.3 Å². The van der Waals surface area contributed by atoms with E-state index < -0.39 is 0 Å². The lowest BCUT2D eigenvalue weighted by Gasteiger charge is -2.29. The second kappa shape index (κ2) is 7.47. The molecule has 0 bridgehead atoms. The third kappa shape index (κ3) is 4.37. The predicted octanol–water partition coefficient (Wildman–Crippen LogP) is 3.37. The lowest BCUT2D eigenvalue weighted by atomic mass is 9.84. The van der Waals surface area contributed by atoms with Gasteiger partial charge in [-0.1, -0.05) is 13.8 Å². The molecule has 4 heteroatoms. The maximum atomic E-state index is 11.7. The average Bonchev–Trinajstić information content (AvgIpc) is 2.92. The first kappa shape index (κ1) is 15.1. The van der Waals surface area contributed by atoms with E-state index in [1.54, 1.807) is 6.26 Å². The molecule has 0 aliphatic rings. The molecule has 1 aromatic rings. The molecule has 0 saturated carbocycles. The summed E-state index contributed by atoms with van der Waals surface area (Å²) in [4.78, 5) is 11.7. The van der Waals surface area contributed by atoms with Crippen molar-refractivity contribution in [3.8, 4) is 0 Å². The highest BCUT2D eigenvalue weighted by molar-refractivity contribution is 6.18. The standard InChI is InChI=1S/C14H22ClNO2/c1-3-14(4-2,10-15)11-16-13(17)8-7-12-6-5-9-18-12/h5-6,9H,3-4,7-8,10-11H2,1-2H3,(H,16,17). The van der Waals surface area contributed by atoms with Crippen molar-refractivity contribution in [2.75, 3.05) is 12.4 Å². The van der Waals surface area contributed by atoms with Crippen molar-refractivity contribution in [3.63, 3.8) is 0 Å². The molecule has 1 aromatic heterocycles. The number of carbonyl (C=O) groups is 1. The van der Waals surface area contributed by atoms with Gasteiger partial charge >= 0.3 is 0 Å². The molecule has 0 fully saturated rings. The highest BCUT2D eigenvalue weighted by Gasteiger charge is 2.25. The van der Waals surface area contributed by atoms with E-state index in [1.165, 1.54) is 0 Å². The summed E-state index contributed by atoms with van der Waals surface area (Å²) < 4.78 is 5.19. The summed E-state index contributed by atoms with van der Waals surface area (Å²) in [5, 5.41) is 2.97. The van der Waals surface area contributed by atoms with Gasteiger partial charge in [-0.05, 0) is 25.0 Å². The summed E-state index contributed by atoms with van der Waals surface area (Å²) in [5.74, 6) is 1.49. The Morgan fingerprint density at radius 1 is 1.44 bits per heavy atom. The molecule has 0 aliphatic carbocycles. The number of aryl methyl sites for hydroxylation is 1. The van der Waals surface area contributed by atoms with E-state index in [1.807, 2.05) is 12.1 Å². The van der Waals surface area contributed by atoms with Crippen LogP contribution in [0.25, 0.3) is 0 Å². The van der Waals surface area contributed by atoms with E-state index in [0.717, 1.165) is 18.6 Å². The Morgan fingerprint density at radius 2 is 2.17 bits per heavy atom. The van der Waals surface area contributed by atoms with Crippen LogP contribution in [-0.2, 0) is 11.2 Å². The van der Waals surface area contributed by atoms with Crippen LogP contribution in [0.4, 0.5) is 0 Å². The van der Waals surface area contributed by atoms with Gasteiger partial charge in [0.25, 0.3) is 0 Å². The minimum absolute atomic E-state index is 0.0297. The number of hydrogen-bond acceptors (Lipinski definition) is 2.